The van der Waals surface area contributed by atoms with E-state index in [1.54, 1.807) is 10.7 Å². The molecule has 134 valence electrons. The van der Waals surface area contributed by atoms with Crippen molar-refractivity contribution < 1.29 is 14.7 Å². The third kappa shape index (κ3) is 4.68. The first-order valence-electron chi connectivity index (χ1n) is 8.48. The van der Waals surface area contributed by atoms with Gasteiger partial charge in [0, 0.05) is 12.2 Å². The van der Waals surface area contributed by atoms with Gasteiger partial charge in [-0.15, -0.1) is 0 Å². The van der Waals surface area contributed by atoms with Crippen LogP contribution in [0.5, 0.6) is 0 Å². The fourth-order valence-electron chi connectivity index (χ4n) is 2.89. The Hall–Kier alpha value is -2.63. The van der Waals surface area contributed by atoms with Crippen LogP contribution in [-0.2, 0) is 4.79 Å². The molecule has 0 fully saturated rings. The van der Waals surface area contributed by atoms with Gasteiger partial charge in [0.25, 0.3) is 5.91 Å². The molecule has 0 saturated heterocycles. The van der Waals surface area contributed by atoms with Gasteiger partial charge in [-0.3, -0.25) is 9.59 Å². The van der Waals surface area contributed by atoms with Crippen LogP contribution >= 0.6 is 0 Å². The summed E-state index contributed by atoms with van der Waals surface area (Å²) >= 11 is 0. The topological polar surface area (TPSA) is 84.2 Å². The summed E-state index contributed by atoms with van der Waals surface area (Å²) in [6, 6.07) is 7.81. The lowest BCUT2D eigenvalue weighted by atomic mass is 10.0. The summed E-state index contributed by atoms with van der Waals surface area (Å²) in [4.78, 5) is 23.5. The molecule has 0 aliphatic rings. The molecule has 2 rings (SSSR count). The Morgan fingerprint density at radius 1 is 1.16 bits per heavy atom. The first-order chi connectivity index (χ1) is 11.8. The molecule has 1 aromatic heterocycles. The molecule has 0 spiro atoms. The van der Waals surface area contributed by atoms with Gasteiger partial charge in [0.15, 0.2) is 5.69 Å². The van der Waals surface area contributed by atoms with Crippen LogP contribution in [0, 0.1) is 26.7 Å². The van der Waals surface area contributed by atoms with Gasteiger partial charge < -0.3 is 10.4 Å². The molecule has 6 heteroatoms. The van der Waals surface area contributed by atoms with Gasteiger partial charge in [-0.2, -0.15) is 5.10 Å². The number of amides is 1. The van der Waals surface area contributed by atoms with Gasteiger partial charge in [-0.05, 0) is 56.5 Å². The number of nitrogens with one attached hydrogen (secondary N) is 1. The van der Waals surface area contributed by atoms with Crippen molar-refractivity contribution in [3.8, 4) is 5.69 Å². The number of aryl methyl sites for hydroxylation is 3. The highest BCUT2D eigenvalue weighted by Crippen LogP contribution is 2.16. The van der Waals surface area contributed by atoms with Gasteiger partial charge in [0.2, 0.25) is 0 Å². The Bertz CT molecular complexity index is 760. The molecule has 2 N–H and O–H groups in total. The average Bonchev–Trinajstić information content (AvgIpc) is 2.92. The Morgan fingerprint density at radius 3 is 2.36 bits per heavy atom. The number of benzene rings is 1. The predicted molar refractivity (Wildman–Crippen MR) is 96.1 cm³/mol. The maximum absolute atomic E-state index is 12.3. The van der Waals surface area contributed by atoms with E-state index in [1.165, 1.54) is 0 Å². The van der Waals surface area contributed by atoms with Gasteiger partial charge >= 0.3 is 5.97 Å². The molecule has 1 aromatic carbocycles. The average molecular weight is 343 g/mol. The van der Waals surface area contributed by atoms with E-state index in [9.17, 15) is 9.59 Å². The minimum absolute atomic E-state index is 0.109. The number of carbonyl (C=O) groups excluding carboxylic acids is 1. The summed E-state index contributed by atoms with van der Waals surface area (Å²) in [7, 11) is 0. The number of hydrogen-bond acceptors (Lipinski definition) is 3. The smallest absolute Gasteiger partial charge is 0.308 e. The van der Waals surface area contributed by atoms with Gasteiger partial charge in [0.05, 0.1) is 11.6 Å². The minimum atomic E-state index is -0.890. The number of aromatic nitrogens is 2. The predicted octanol–water partition coefficient (Wildman–Crippen LogP) is 3.03. The van der Waals surface area contributed by atoms with Crippen LogP contribution in [-0.4, -0.2) is 33.3 Å². The quantitative estimate of drug-likeness (QED) is 0.809. The molecular weight excluding hydrogens is 318 g/mol. The highest BCUT2D eigenvalue weighted by Gasteiger charge is 2.19. The Kier molecular flexibility index (Phi) is 5.96. The van der Waals surface area contributed by atoms with Crippen LogP contribution in [0.2, 0.25) is 0 Å². The zero-order valence-electron chi connectivity index (χ0n) is 15.2. The number of rotatable bonds is 7. The van der Waals surface area contributed by atoms with Crippen LogP contribution in [0.15, 0.2) is 24.3 Å². The normalized spacial score (nSPS) is 12.0. The molecule has 6 nitrogen and oxygen atoms in total. The molecule has 0 radical (unpaired) electrons. The maximum Gasteiger partial charge on any atom is 0.308 e. The monoisotopic (exact) mass is 343 g/mol. The van der Waals surface area contributed by atoms with E-state index < -0.39 is 11.9 Å². The zero-order valence-corrected chi connectivity index (χ0v) is 15.2. The molecule has 0 saturated carbocycles. The summed E-state index contributed by atoms with van der Waals surface area (Å²) in [5.74, 6) is -1.82. The van der Waals surface area contributed by atoms with Crippen molar-refractivity contribution in [3.05, 3.63) is 46.8 Å². The van der Waals surface area contributed by atoms with E-state index in [-0.39, 0.29) is 18.1 Å². The standard InChI is InChI=1S/C19H25N3O3/c1-5-6-15(19(24)25)11-20-18(23)17-10-14(4)22(21-17)16-8-12(2)7-13(3)9-16/h7-10,15H,5-6,11H2,1-4H3,(H,20,23)(H,24,25). The largest absolute Gasteiger partial charge is 0.481 e. The molecule has 0 bridgehead atoms. The number of aliphatic carboxylic acids is 1. The molecule has 1 unspecified atom stereocenters. The molecule has 0 aliphatic heterocycles. The van der Waals surface area contributed by atoms with E-state index in [0.29, 0.717) is 6.42 Å². The van der Waals surface area contributed by atoms with E-state index in [2.05, 4.69) is 16.5 Å². The summed E-state index contributed by atoms with van der Waals surface area (Å²) in [6.45, 7) is 7.95. The first-order valence-corrected chi connectivity index (χ1v) is 8.48. The van der Waals surface area contributed by atoms with Crippen molar-refractivity contribution >= 4 is 11.9 Å². The summed E-state index contributed by atoms with van der Waals surface area (Å²) in [6.07, 6.45) is 1.29. The molecule has 2 aromatic rings. The number of carboxylic acids is 1. The van der Waals surface area contributed by atoms with Crippen molar-refractivity contribution in [2.75, 3.05) is 6.54 Å². The summed E-state index contributed by atoms with van der Waals surface area (Å²) < 4.78 is 1.73. The lowest BCUT2D eigenvalue weighted by Crippen LogP contribution is -2.33. The van der Waals surface area contributed by atoms with Crippen LogP contribution in [0.4, 0.5) is 0 Å². The Balaban J connectivity index is 2.16. The van der Waals surface area contributed by atoms with Crippen LogP contribution in [0.3, 0.4) is 0 Å². The minimum Gasteiger partial charge on any atom is -0.481 e. The zero-order chi connectivity index (χ0) is 18.6. The van der Waals surface area contributed by atoms with Crippen LogP contribution in [0.25, 0.3) is 5.69 Å². The third-order valence-corrected chi connectivity index (χ3v) is 4.07. The lowest BCUT2D eigenvalue weighted by Gasteiger charge is -2.11. The molecule has 1 amide bonds. The molecule has 1 atom stereocenters. The first kappa shape index (κ1) is 18.7. The highest BCUT2D eigenvalue weighted by molar-refractivity contribution is 5.92. The number of nitrogens with zero attached hydrogens (tertiary/aromatic N) is 2. The molecule has 0 aliphatic carbocycles. The van der Waals surface area contributed by atoms with E-state index >= 15 is 0 Å². The van der Waals surface area contributed by atoms with E-state index in [0.717, 1.165) is 28.9 Å². The Morgan fingerprint density at radius 2 is 1.80 bits per heavy atom. The Labute approximate surface area is 147 Å². The van der Waals surface area contributed by atoms with Crippen molar-refractivity contribution in [1.29, 1.82) is 0 Å². The second-order valence-electron chi connectivity index (χ2n) is 6.46. The lowest BCUT2D eigenvalue weighted by molar-refractivity contribution is -0.141. The SMILES string of the molecule is CCCC(CNC(=O)c1cc(C)n(-c2cc(C)cc(C)c2)n1)C(=O)O. The fourth-order valence-corrected chi connectivity index (χ4v) is 2.89. The second kappa shape index (κ2) is 7.96. The maximum atomic E-state index is 12.3. The van der Waals surface area contributed by atoms with Crippen molar-refractivity contribution in [2.45, 2.75) is 40.5 Å². The van der Waals surface area contributed by atoms with Gasteiger partial charge in [-0.25, -0.2) is 4.68 Å². The highest BCUT2D eigenvalue weighted by atomic mass is 16.4. The molecule has 1 heterocycles. The van der Waals surface area contributed by atoms with Crippen molar-refractivity contribution in [3.63, 3.8) is 0 Å². The fraction of sp³-hybridized carbons (Fsp3) is 0.421. The third-order valence-electron chi connectivity index (χ3n) is 4.07. The van der Waals surface area contributed by atoms with Crippen LogP contribution < -0.4 is 5.32 Å². The van der Waals surface area contributed by atoms with Crippen molar-refractivity contribution in [2.24, 2.45) is 5.92 Å². The number of carboxylic acid groups (broad SMARTS) is 1. The van der Waals surface area contributed by atoms with Gasteiger partial charge in [-0.1, -0.05) is 19.4 Å². The second-order valence-corrected chi connectivity index (χ2v) is 6.46. The van der Waals surface area contributed by atoms with Crippen LogP contribution in [0.1, 0.15) is 47.1 Å². The van der Waals surface area contributed by atoms with E-state index in [1.807, 2.05) is 39.8 Å². The molecular formula is C19H25N3O3. The van der Waals surface area contributed by atoms with Crippen molar-refractivity contribution in [1.82, 2.24) is 15.1 Å². The molecule has 25 heavy (non-hydrogen) atoms. The summed E-state index contributed by atoms with van der Waals surface area (Å²) in [5, 5.41) is 16.2. The van der Waals surface area contributed by atoms with E-state index in [4.69, 9.17) is 5.11 Å². The van der Waals surface area contributed by atoms with Gasteiger partial charge in [0.1, 0.15) is 0 Å². The summed E-state index contributed by atoms with van der Waals surface area (Å²) in [5.41, 5.74) is 4.29. The number of hydrogen-bond donors (Lipinski definition) is 2. The number of carbonyl (C=O) groups is 2.